The molecule has 0 spiro atoms. The van der Waals surface area contributed by atoms with E-state index in [-0.39, 0.29) is 12.6 Å². The van der Waals surface area contributed by atoms with E-state index in [0.29, 0.717) is 6.04 Å². The Kier molecular flexibility index (Phi) is 4.48. The van der Waals surface area contributed by atoms with Crippen molar-refractivity contribution in [1.29, 1.82) is 0 Å². The Bertz CT molecular complexity index is 688. The first-order valence-electron chi connectivity index (χ1n) is 8.13. The highest BCUT2D eigenvalue weighted by atomic mass is 16.3. The molecule has 0 unspecified atom stereocenters. The molecule has 0 saturated heterocycles. The van der Waals surface area contributed by atoms with Crippen molar-refractivity contribution in [3.8, 4) is 0 Å². The Morgan fingerprint density at radius 2 is 2.04 bits per heavy atom. The second kappa shape index (κ2) is 6.54. The van der Waals surface area contributed by atoms with E-state index in [0.717, 1.165) is 30.4 Å². The standard InChI is InChI=1S/C18H24N4O/c1-12(11-23)19-17-9-18(21-14(3)20-17)22-10-16-7-5-4-6-15(16)8-13(22)2/h4-7,9,12-13,23H,8,10-11H2,1-3H3,(H,19,20,21)/t12-,13-/m0/s1. The topological polar surface area (TPSA) is 61.3 Å². The lowest BCUT2D eigenvalue weighted by atomic mass is 9.95. The van der Waals surface area contributed by atoms with Crippen LogP contribution in [-0.4, -0.2) is 33.8 Å². The van der Waals surface area contributed by atoms with Gasteiger partial charge in [-0.3, -0.25) is 0 Å². The largest absolute Gasteiger partial charge is 0.394 e. The normalized spacial score (nSPS) is 18.4. The molecule has 0 amide bonds. The molecule has 0 radical (unpaired) electrons. The molecule has 0 aliphatic carbocycles. The summed E-state index contributed by atoms with van der Waals surface area (Å²) in [5.74, 6) is 2.44. The predicted molar refractivity (Wildman–Crippen MR) is 92.7 cm³/mol. The summed E-state index contributed by atoms with van der Waals surface area (Å²) in [4.78, 5) is 11.4. The Labute approximate surface area is 137 Å². The summed E-state index contributed by atoms with van der Waals surface area (Å²) in [6, 6.07) is 10.9. The van der Waals surface area contributed by atoms with Crippen LogP contribution in [0, 0.1) is 6.92 Å². The molecule has 1 aliphatic heterocycles. The summed E-state index contributed by atoms with van der Waals surface area (Å²) in [6.07, 6.45) is 1.02. The minimum absolute atomic E-state index is 0.0309. The molecule has 2 heterocycles. The van der Waals surface area contributed by atoms with Gasteiger partial charge in [-0.2, -0.15) is 0 Å². The van der Waals surface area contributed by atoms with E-state index < -0.39 is 0 Å². The van der Waals surface area contributed by atoms with Crippen LogP contribution in [0.15, 0.2) is 30.3 Å². The average molecular weight is 312 g/mol. The maximum Gasteiger partial charge on any atom is 0.134 e. The number of rotatable bonds is 4. The van der Waals surface area contributed by atoms with Gasteiger partial charge in [0.05, 0.1) is 6.61 Å². The van der Waals surface area contributed by atoms with Gasteiger partial charge in [0.25, 0.3) is 0 Å². The van der Waals surface area contributed by atoms with Gasteiger partial charge >= 0.3 is 0 Å². The molecular formula is C18H24N4O. The summed E-state index contributed by atoms with van der Waals surface area (Å²) in [7, 11) is 0. The number of benzene rings is 1. The molecule has 23 heavy (non-hydrogen) atoms. The van der Waals surface area contributed by atoms with Crippen molar-refractivity contribution in [1.82, 2.24) is 9.97 Å². The van der Waals surface area contributed by atoms with Crippen molar-refractivity contribution in [2.45, 2.75) is 45.8 Å². The number of aromatic nitrogens is 2. The number of hydrogen-bond donors (Lipinski definition) is 2. The van der Waals surface area contributed by atoms with Crippen molar-refractivity contribution in [2.24, 2.45) is 0 Å². The van der Waals surface area contributed by atoms with Crippen LogP contribution in [0.25, 0.3) is 0 Å². The molecule has 1 aliphatic rings. The van der Waals surface area contributed by atoms with Crippen LogP contribution in [-0.2, 0) is 13.0 Å². The van der Waals surface area contributed by atoms with Crippen LogP contribution in [0.4, 0.5) is 11.6 Å². The Morgan fingerprint density at radius 3 is 2.78 bits per heavy atom. The summed E-state index contributed by atoms with van der Waals surface area (Å²) in [5.41, 5.74) is 2.79. The predicted octanol–water partition coefficient (Wildman–Crippen LogP) is 2.53. The fourth-order valence-electron chi connectivity index (χ4n) is 3.06. The lowest BCUT2D eigenvalue weighted by Crippen LogP contribution is -2.39. The minimum Gasteiger partial charge on any atom is -0.394 e. The molecule has 122 valence electrons. The molecule has 0 saturated carbocycles. The lowest BCUT2D eigenvalue weighted by molar-refractivity contribution is 0.281. The number of anilines is 2. The third-order valence-corrected chi connectivity index (χ3v) is 4.29. The number of fused-ring (bicyclic) bond motifs is 1. The van der Waals surface area contributed by atoms with E-state index >= 15 is 0 Å². The third kappa shape index (κ3) is 3.45. The zero-order valence-corrected chi connectivity index (χ0v) is 14.0. The van der Waals surface area contributed by atoms with Gasteiger partial charge in [0, 0.05) is 24.7 Å². The SMILES string of the molecule is Cc1nc(N[C@@H](C)CO)cc(N2Cc3ccccc3C[C@@H]2C)n1. The maximum absolute atomic E-state index is 9.22. The quantitative estimate of drug-likeness (QED) is 0.908. The first-order valence-corrected chi connectivity index (χ1v) is 8.13. The molecule has 0 fully saturated rings. The molecule has 2 N–H and O–H groups in total. The summed E-state index contributed by atoms with van der Waals surface area (Å²) in [6.45, 7) is 7.00. The first kappa shape index (κ1) is 15.7. The van der Waals surface area contributed by atoms with Crippen molar-refractivity contribution in [3.05, 3.63) is 47.3 Å². The number of aliphatic hydroxyl groups excluding tert-OH is 1. The number of nitrogens with zero attached hydrogens (tertiary/aromatic N) is 3. The van der Waals surface area contributed by atoms with E-state index in [4.69, 9.17) is 0 Å². The number of hydrogen-bond acceptors (Lipinski definition) is 5. The monoisotopic (exact) mass is 312 g/mol. The second-order valence-electron chi connectivity index (χ2n) is 6.34. The molecule has 0 bridgehead atoms. The van der Waals surface area contributed by atoms with Crippen molar-refractivity contribution in [2.75, 3.05) is 16.8 Å². The highest BCUT2D eigenvalue weighted by Gasteiger charge is 2.24. The Hall–Kier alpha value is -2.14. The number of aryl methyl sites for hydroxylation is 1. The average Bonchev–Trinajstić information content (AvgIpc) is 2.53. The van der Waals surface area contributed by atoms with Crippen molar-refractivity contribution >= 4 is 11.6 Å². The molecular weight excluding hydrogens is 288 g/mol. The van der Waals surface area contributed by atoms with Gasteiger partial charge in [-0.15, -0.1) is 0 Å². The maximum atomic E-state index is 9.22. The molecule has 1 aromatic carbocycles. The van der Waals surface area contributed by atoms with Crippen LogP contribution in [0.3, 0.4) is 0 Å². The molecule has 2 atom stereocenters. The van der Waals surface area contributed by atoms with Crippen molar-refractivity contribution < 1.29 is 5.11 Å². The van der Waals surface area contributed by atoms with Gasteiger partial charge in [-0.05, 0) is 38.3 Å². The second-order valence-corrected chi connectivity index (χ2v) is 6.34. The van der Waals surface area contributed by atoms with Crippen molar-refractivity contribution in [3.63, 3.8) is 0 Å². The lowest BCUT2D eigenvalue weighted by Gasteiger charge is -2.36. The summed E-state index contributed by atoms with van der Waals surface area (Å²) >= 11 is 0. The fourth-order valence-corrected chi connectivity index (χ4v) is 3.06. The number of aliphatic hydroxyl groups is 1. The zero-order valence-electron chi connectivity index (χ0n) is 14.0. The highest BCUT2D eigenvalue weighted by molar-refractivity contribution is 5.52. The van der Waals surface area contributed by atoms with Crippen LogP contribution in [0.5, 0.6) is 0 Å². The van der Waals surface area contributed by atoms with Crippen LogP contribution < -0.4 is 10.2 Å². The molecule has 2 aromatic rings. The van der Waals surface area contributed by atoms with Gasteiger partial charge < -0.3 is 15.3 Å². The van der Waals surface area contributed by atoms with Crippen LogP contribution in [0.1, 0.15) is 30.8 Å². The van der Waals surface area contributed by atoms with E-state index in [2.05, 4.69) is 51.4 Å². The third-order valence-electron chi connectivity index (χ3n) is 4.29. The Balaban J connectivity index is 1.89. The summed E-state index contributed by atoms with van der Waals surface area (Å²) in [5, 5.41) is 12.4. The minimum atomic E-state index is -0.0309. The van der Waals surface area contributed by atoms with Gasteiger partial charge in [0.2, 0.25) is 0 Å². The fraction of sp³-hybridized carbons (Fsp3) is 0.444. The van der Waals surface area contributed by atoms with E-state index in [9.17, 15) is 5.11 Å². The van der Waals surface area contributed by atoms with Gasteiger partial charge in [0.1, 0.15) is 17.5 Å². The Morgan fingerprint density at radius 1 is 1.30 bits per heavy atom. The molecule has 3 rings (SSSR count). The first-order chi connectivity index (χ1) is 11.1. The van der Waals surface area contributed by atoms with Crippen LogP contribution >= 0.6 is 0 Å². The van der Waals surface area contributed by atoms with E-state index in [1.165, 1.54) is 11.1 Å². The molecule has 1 aromatic heterocycles. The van der Waals surface area contributed by atoms with E-state index in [1.807, 2.05) is 19.9 Å². The van der Waals surface area contributed by atoms with Gasteiger partial charge in [0.15, 0.2) is 0 Å². The number of nitrogens with one attached hydrogen (secondary N) is 1. The van der Waals surface area contributed by atoms with Gasteiger partial charge in [-0.25, -0.2) is 9.97 Å². The highest BCUT2D eigenvalue weighted by Crippen LogP contribution is 2.28. The van der Waals surface area contributed by atoms with Gasteiger partial charge in [-0.1, -0.05) is 24.3 Å². The molecule has 5 heteroatoms. The van der Waals surface area contributed by atoms with Crippen LogP contribution in [0.2, 0.25) is 0 Å². The van der Waals surface area contributed by atoms with E-state index in [1.54, 1.807) is 0 Å². The zero-order chi connectivity index (χ0) is 16.4. The molecule has 5 nitrogen and oxygen atoms in total. The summed E-state index contributed by atoms with van der Waals surface area (Å²) < 4.78 is 0. The smallest absolute Gasteiger partial charge is 0.134 e.